The van der Waals surface area contributed by atoms with Crippen molar-refractivity contribution in [1.29, 1.82) is 0 Å². The van der Waals surface area contributed by atoms with Gasteiger partial charge in [0.15, 0.2) is 0 Å². The minimum absolute atomic E-state index is 0.289. The predicted octanol–water partition coefficient (Wildman–Crippen LogP) is 4.72. The third kappa shape index (κ3) is 3.66. The molecule has 0 atom stereocenters. The molecule has 0 heterocycles. The number of thioether (sulfide) groups is 1. The summed E-state index contributed by atoms with van der Waals surface area (Å²) in [5.41, 5.74) is 5.91. The zero-order valence-electron chi connectivity index (χ0n) is 10.2. The molecule has 0 unspecified atom stereocenters. The summed E-state index contributed by atoms with van der Waals surface area (Å²) in [7, 11) is 0. The molecule has 2 N–H and O–H groups in total. The summed E-state index contributed by atoms with van der Waals surface area (Å²) < 4.78 is 50.8. The van der Waals surface area contributed by atoms with Crippen LogP contribution in [0.4, 0.5) is 23.2 Å². The first-order valence-electron chi connectivity index (χ1n) is 5.70. The Morgan fingerprint density at radius 1 is 1.05 bits per heavy atom. The number of rotatable bonds is 3. The van der Waals surface area contributed by atoms with Crippen molar-refractivity contribution in [3.8, 4) is 0 Å². The average Bonchev–Trinajstić information content (AvgIpc) is 2.39. The van der Waals surface area contributed by atoms with E-state index >= 15 is 0 Å². The molecule has 0 radical (unpaired) electrons. The summed E-state index contributed by atoms with van der Waals surface area (Å²) in [6, 6.07) is 9.00. The lowest BCUT2D eigenvalue weighted by molar-refractivity contribution is -0.137. The van der Waals surface area contributed by atoms with Crippen molar-refractivity contribution in [2.24, 2.45) is 0 Å². The van der Waals surface area contributed by atoms with Gasteiger partial charge in [-0.2, -0.15) is 13.2 Å². The second kappa shape index (κ2) is 5.75. The second-order valence-electron chi connectivity index (χ2n) is 4.17. The molecule has 106 valence electrons. The van der Waals surface area contributed by atoms with E-state index in [1.807, 2.05) is 0 Å². The van der Waals surface area contributed by atoms with E-state index in [0.717, 1.165) is 12.1 Å². The lowest BCUT2D eigenvalue weighted by Gasteiger charge is -2.09. The standard InChI is InChI=1S/C14H11F4NS/c15-11-4-5-12(19)13(7-11)20-8-9-2-1-3-10(6-9)14(16,17)18/h1-7H,8,19H2. The molecular formula is C14H11F4NS. The quantitative estimate of drug-likeness (QED) is 0.504. The van der Waals surface area contributed by atoms with Crippen molar-refractivity contribution in [3.63, 3.8) is 0 Å². The topological polar surface area (TPSA) is 26.0 Å². The molecule has 0 aliphatic carbocycles. The van der Waals surface area contributed by atoms with Crippen LogP contribution in [0.3, 0.4) is 0 Å². The van der Waals surface area contributed by atoms with Gasteiger partial charge in [0.05, 0.1) is 5.56 Å². The number of anilines is 1. The molecule has 0 aromatic heterocycles. The van der Waals surface area contributed by atoms with E-state index < -0.39 is 17.6 Å². The van der Waals surface area contributed by atoms with Crippen molar-refractivity contribution in [2.75, 3.05) is 5.73 Å². The van der Waals surface area contributed by atoms with Gasteiger partial charge in [0, 0.05) is 16.3 Å². The summed E-state index contributed by atoms with van der Waals surface area (Å²) in [4.78, 5) is 0.516. The summed E-state index contributed by atoms with van der Waals surface area (Å²) in [6.07, 6.45) is -4.36. The smallest absolute Gasteiger partial charge is 0.398 e. The Kier molecular flexibility index (Phi) is 4.23. The molecule has 2 aromatic rings. The molecule has 0 spiro atoms. The summed E-state index contributed by atoms with van der Waals surface area (Å²) >= 11 is 1.20. The Labute approximate surface area is 117 Å². The van der Waals surface area contributed by atoms with Gasteiger partial charge in [-0.25, -0.2) is 4.39 Å². The molecule has 0 saturated carbocycles. The van der Waals surface area contributed by atoms with Gasteiger partial charge in [-0.3, -0.25) is 0 Å². The number of benzene rings is 2. The Bertz CT molecular complexity index is 610. The lowest BCUT2D eigenvalue weighted by atomic mass is 10.1. The van der Waals surface area contributed by atoms with Crippen LogP contribution < -0.4 is 5.73 Å². The number of hydrogen-bond acceptors (Lipinski definition) is 2. The number of nitrogens with two attached hydrogens (primary N) is 1. The summed E-state index contributed by atoms with van der Waals surface area (Å²) in [5, 5.41) is 0. The van der Waals surface area contributed by atoms with Crippen LogP contribution >= 0.6 is 11.8 Å². The fourth-order valence-electron chi connectivity index (χ4n) is 1.63. The van der Waals surface area contributed by atoms with Crippen LogP contribution in [0, 0.1) is 5.82 Å². The third-order valence-electron chi connectivity index (χ3n) is 2.62. The van der Waals surface area contributed by atoms with Crippen molar-refractivity contribution in [3.05, 3.63) is 59.4 Å². The monoisotopic (exact) mass is 301 g/mol. The minimum atomic E-state index is -4.36. The van der Waals surface area contributed by atoms with E-state index in [4.69, 9.17) is 5.73 Å². The normalized spacial score (nSPS) is 11.6. The zero-order chi connectivity index (χ0) is 14.8. The minimum Gasteiger partial charge on any atom is -0.398 e. The van der Waals surface area contributed by atoms with Gasteiger partial charge in [0.1, 0.15) is 5.82 Å². The number of nitrogen functional groups attached to an aromatic ring is 1. The van der Waals surface area contributed by atoms with Gasteiger partial charge < -0.3 is 5.73 Å². The van der Waals surface area contributed by atoms with E-state index in [-0.39, 0.29) is 5.75 Å². The van der Waals surface area contributed by atoms with Gasteiger partial charge in [0.2, 0.25) is 0 Å². The largest absolute Gasteiger partial charge is 0.416 e. The molecule has 2 aromatic carbocycles. The second-order valence-corrected chi connectivity index (χ2v) is 5.19. The highest BCUT2D eigenvalue weighted by molar-refractivity contribution is 7.98. The van der Waals surface area contributed by atoms with E-state index in [9.17, 15) is 17.6 Å². The van der Waals surface area contributed by atoms with Gasteiger partial charge in [-0.15, -0.1) is 11.8 Å². The van der Waals surface area contributed by atoms with Crippen molar-refractivity contribution in [1.82, 2.24) is 0 Å². The Morgan fingerprint density at radius 3 is 2.50 bits per heavy atom. The van der Waals surface area contributed by atoms with E-state index in [0.29, 0.717) is 16.1 Å². The third-order valence-corrected chi connectivity index (χ3v) is 3.77. The fourth-order valence-corrected chi connectivity index (χ4v) is 2.56. The Morgan fingerprint density at radius 2 is 1.80 bits per heavy atom. The van der Waals surface area contributed by atoms with Crippen LogP contribution in [-0.4, -0.2) is 0 Å². The van der Waals surface area contributed by atoms with Crippen LogP contribution in [0.15, 0.2) is 47.4 Å². The van der Waals surface area contributed by atoms with Crippen LogP contribution in [0.2, 0.25) is 0 Å². The number of hydrogen-bond donors (Lipinski definition) is 1. The molecule has 20 heavy (non-hydrogen) atoms. The summed E-state index contributed by atoms with van der Waals surface area (Å²) in [6.45, 7) is 0. The first kappa shape index (κ1) is 14.7. The molecule has 1 nitrogen and oxygen atoms in total. The highest BCUT2D eigenvalue weighted by atomic mass is 32.2. The molecule has 0 saturated heterocycles. The van der Waals surface area contributed by atoms with Crippen molar-refractivity contribution in [2.45, 2.75) is 16.8 Å². The highest BCUT2D eigenvalue weighted by Gasteiger charge is 2.30. The number of halogens is 4. The van der Waals surface area contributed by atoms with Crippen molar-refractivity contribution >= 4 is 17.4 Å². The Hall–Kier alpha value is -1.69. The van der Waals surface area contributed by atoms with Crippen LogP contribution in [0.1, 0.15) is 11.1 Å². The van der Waals surface area contributed by atoms with Gasteiger partial charge in [-0.05, 0) is 29.8 Å². The van der Waals surface area contributed by atoms with Crippen LogP contribution in [-0.2, 0) is 11.9 Å². The molecule has 2 rings (SSSR count). The first-order chi connectivity index (χ1) is 9.36. The maximum absolute atomic E-state index is 13.1. The van der Waals surface area contributed by atoms with E-state index in [1.54, 1.807) is 6.07 Å². The van der Waals surface area contributed by atoms with Crippen molar-refractivity contribution < 1.29 is 17.6 Å². The van der Waals surface area contributed by atoms with Gasteiger partial charge in [0.25, 0.3) is 0 Å². The van der Waals surface area contributed by atoms with Crippen LogP contribution in [0.5, 0.6) is 0 Å². The SMILES string of the molecule is Nc1ccc(F)cc1SCc1cccc(C(F)(F)F)c1. The molecule has 0 fully saturated rings. The molecular weight excluding hydrogens is 290 g/mol. The Balaban J connectivity index is 2.13. The lowest BCUT2D eigenvalue weighted by Crippen LogP contribution is -2.04. The van der Waals surface area contributed by atoms with Gasteiger partial charge >= 0.3 is 6.18 Å². The first-order valence-corrected chi connectivity index (χ1v) is 6.69. The maximum atomic E-state index is 13.1. The zero-order valence-corrected chi connectivity index (χ0v) is 11.1. The highest BCUT2D eigenvalue weighted by Crippen LogP contribution is 2.32. The molecule has 0 bridgehead atoms. The molecule has 6 heteroatoms. The van der Waals surface area contributed by atoms with Gasteiger partial charge in [-0.1, -0.05) is 18.2 Å². The average molecular weight is 301 g/mol. The predicted molar refractivity (Wildman–Crippen MR) is 71.8 cm³/mol. The summed E-state index contributed by atoms with van der Waals surface area (Å²) in [5.74, 6) is -0.136. The van der Waals surface area contributed by atoms with E-state index in [2.05, 4.69) is 0 Å². The van der Waals surface area contributed by atoms with Crippen LogP contribution in [0.25, 0.3) is 0 Å². The molecule has 0 amide bonds. The van der Waals surface area contributed by atoms with E-state index in [1.165, 1.54) is 36.0 Å². The molecule has 0 aliphatic heterocycles. The fraction of sp³-hybridized carbons (Fsp3) is 0.143. The number of alkyl halides is 3. The maximum Gasteiger partial charge on any atom is 0.416 e. The molecule has 0 aliphatic rings.